The molecule has 0 bridgehead atoms. The third-order valence-electron chi connectivity index (χ3n) is 4.18. The highest BCUT2D eigenvalue weighted by Crippen LogP contribution is 2.22. The van der Waals surface area contributed by atoms with Crippen LogP contribution in [0, 0.1) is 0 Å². The van der Waals surface area contributed by atoms with Crippen LogP contribution in [0.2, 0.25) is 0 Å². The predicted octanol–water partition coefficient (Wildman–Crippen LogP) is 4.36. The zero-order chi connectivity index (χ0) is 19.9. The molecule has 1 N–H and O–H groups in total. The zero-order valence-electron chi connectivity index (χ0n) is 15.5. The first kappa shape index (κ1) is 19.8. The SMILES string of the molecule is O=C(CSc1nnc(Cc2cccs2)n1CCc1ccccc1)Nc1nccs1. The summed E-state index contributed by atoms with van der Waals surface area (Å²) in [5.41, 5.74) is 1.26. The number of thiophene rings is 1. The van der Waals surface area contributed by atoms with E-state index in [9.17, 15) is 4.79 Å². The van der Waals surface area contributed by atoms with E-state index in [4.69, 9.17) is 0 Å². The van der Waals surface area contributed by atoms with Crippen LogP contribution in [0.4, 0.5) is 5.13 Å². The van der Waals surface area contributed by atoms with Crippen LogP contribution in [0.25, 0.3) is 0 Å². The van der Waals surface area contributed by atoms with Crippen molar-refractivity contribution in [3.8, 4) is 0 Å². The van der Waals surface area contributed by atoms with E-state index in [0.717, 1.165) is 30.4 Å². The van der Waals surface area contributed by atoms with Gasteiger partial charge in [-0.25, -0.2) is 4.98 Å². The highest BCUT2D eigenvalue weighted by molar-refractivity contribution is 7.99. The predicted molar refractivity (Wildman–Crippen MR) is 119 cm³/mol. The van der Waals surface area contributed by atoms with Crippen LogP contribution in [-0.4, -0.2) is 31.4 Å². The molecule has 0 atom stereocenters. The van der Waals surface area contributed by atoms with E-state index in [1.54, 1.807) is 17.5 Å². The Morgan fingerprint density at radius 1 is 1.07 bits per heavy atom. The molecule has 0 aliphatic heterocycles. The van der Waals surface area contributed by atoms with Gasteiger partial charge in [0.25, 0.3) is 0 Å². The number of rotatable bonds is 9. The van der Waals surface area contributed by atoms with Crippen LogP contribution in [0.1, 0.15) is 16.3 Å². The Bertz CT molecular complexity index is 1030. The second kappa shape index (κ2) is 9.82. The molecular formula is C20H19N5OS3. The van der Waals surface area contributed by atoms with Crippen LogP contribution in [0.5, 0.6) is 0 Å². The van der Waals surface area contributed by atoms with Gasteiger partial charge in [0.1, 0.15) is 5.82 Å². The molecule has 9 heteroatoms. The summed E-state index contributed by atoms with van der Waals surface area (Å²) in [6.07, 6.45) is 3.30. The molecule has 1 aromatic carbocycles. The van der Waals surface area contributed by atoms with Gasteiger partial charge in [0.15, 0.2) is 10.3 Å². The van der Waals surface area contributed by atoms with Crippen molar-refractivity contribution >= 4 is 45.5 Å². The van der Waals surface area contributed by atoms with Crippen molar-refractivity contribution in [1.82, 2.24) is 19.7 Å². The lowest BCUT2D eigenvalue weighted by Crippen LogP contribution is -2.15. The molecule has 1 amide bonds. The van der Waals surface area contributed by atoms with Gasteiger partial charge in [-0.15, -0.1) is 32.9 Å². The van der Waals surface area contributed by atoms with Crippen molar-refractivity contribution in [1.29, 1.82) is 0 Å². The van der Waals surface area contributed by atoms with Gasteiger partial charge in [0.2, 0.25) is 5.91 Å². The maximum Gasteiger partial charge on any atom is 0.236 e. The summed E-state index contributed by atoms with van der Waals surface area (Å²) in [5, 5.41) is 16.9. The maximum atomic E-state index is 12.2. The highest BCUT2D eigenvalue weighted by Gasteiger charge is 2.15. The van der Waals surface area contributed by atoms with E-state index in [-0.39, 0.29) is 11.7 Å². The number of carbonyl (C=O) groups excluding carboxylic acids is 1. The van der Waals surface area contributed by atoms with Gasteiger partial charge in [0.05, 0.1) is 5.75 Å². The Morgan fingerprint density at radius 2 is 1.97 bits per heavy atom. The van der Waals surface area contributed by atoms with Gasteiger partial charge in [-0.05, 0) is 23.4 Å². The molecule has 148 valence electrons. The number of aryl methyl sites for hydroxylation is 1. The number of amides is 1. The largest absolute Gasteiger partial charge is 0.305 e. The van der Waals surface area contributed by atoms with E-state index in [1.165, 1.54) is 33.5 Å². The van der Waals surface area contributed by atoms with Crippen LogP contribution >= 0.6 is 34.4 Å². The average Bonchev–Trinajstić information content (AvgIpc) is 3.49. The normalized spacial score (nSPS) is 10.9. The van der Waals surface area contributed by atoms with Crippen LogP contribution in [-0.2, 0) is 24.2 Å². The number of carbonyl (C=O) groups is 1. The van der Waals surface area contributed by atoms with Gasteiger partial charge >= 0.3 is 0 Å². The number of thiazole rings is 1. The van der Waals surface area contributed by atoms with E-state index in [1.807, 2.05) is 29.6 Å². The summed E-state index contributed by atoms with van der Waals surface area (Å²) in [6.45, 7) is 0.772. The lowest BCUT2D eigenvalue weighted by Gasteiger charge is -2.10. The molecule has 4 aromatic rings. The fourth-order valence-corrected chi connectivity index (χ4v) is 4.84. The van der Waals surface area contributed by atoms with Crippen molar-refractivity contribution in [3.05, 3.63) is 75.7 Å². The van der Waals surface area contributed by atoms with Crippen LogP contribution in [0.15, 0.2) is 64.6 Å². The number of benzene rings is 1. The number of anilines is 1. The third-order valence-corrected chi connectivity index (χ3v) is 6.72. The minimum atomic E-state index is -0.0950. The maximum absolute atomic E-state index is 12.2. The molecule has 3 aromatic heterocycles. The molecule has 0 saturated heterocycles. The number of hydrogen-bond donors (Lipinski definition) is 1. The van der Waals surface area contributed by atoms with Gasteiger partial charge in [0, 0.05) is 29.4 Å². The summed E-state index contributed by atoms with van der Waals surface area (Å²) in [5.74, 6) is 1.09. The number of hydrogen-bond acceptors (Lipinski definition) is 7. The van der Waals surface area contributed by atoms with Gasteiger partial charge in [-0.1, -0.05) is 48.2 Å². The van der Waals surface area contributed by atoms with Gasteiger partial charge in [-0.2, -0.15) is 0 Å². The first-order chi connectivity index (χ1) is 14.3. The van der Waals surface area contributed by atoms with Gasteiger partial charge < -0.3 is 9.88 Å². The monoisotopic (exact) mass is 441 g/mol. The number of nitrogens with zero attached hydrogens (tertiary/aromatic N) is 4. The fraction of sp³-hybridized carbons (Fsp3) is 0.200. The zero-order valence-corrected chi connectivity index (χ0v) is 18.0. The molecule has 3 heterocycles. The summed E-state index contributed by atoms with van der Waals surface area (Å²) >= 11 is 4.52. The van der Waals surface area contributed by atoms with Crippen molar-refractivity contribution in [3.63, 3.8) is 0 Å². The molecule has 6 nitrogen and oxygen atoms in total. The van der Waals surface area contributed by atoms with Gasteiger partial charge in [-0.3, -0.25) is 4.79 Å². The van der Waals surface area contributed by atoms with Crippen molar-refractivity contribution in [2.45, 2.75) is 24.5 Å². The minimum absolute atomic E-state index is 0.0950. The lowest BCUT2D eigenvalue weighted by molar-refractivity contribution is -0.113. The number of thioether (sulfide) groups is 1. The third kappa shape index (κ3) is 5.53. The molecule has 0 unspecified atom stereocenters. The van der Waals surface area contributed by atoms with E-state index < -0.39 is 0 Å². The Labute approximate surface area is 181 Å². The summed E-state index contributed by atoms with van der Waals surface area (Å²) < 4.78 is 2.13. The molecule has 0 aliphatic rings. The van der Waals surface area contributed by atoms with E-state index >= 15 is 0 Å². The molecule has 29 heavy (non-hydrogen) atoms. The highest BCUT2D eigenvalue weighted by atomic mass is 32.2. The molecule has 0 aliphatic carbocycles. The Morgan fingerprint density at radius 3 is 2.72 bits per heavy atom. The molecule has 4 rings (SSSR count). The molecule has 0 saturated carbocycles. The molecule has 0 fully saturated rings. The quantitative estimate of drug-likeness (QED) is 0.391. The molecular weight excluding hydrogens is 422 g/mol. The topological polar surface area (TPSA) is 72.7 Å². The van der Waals surface area contributed by atoms with Crippen LogP contribution < -0.4 is 5.32 Å². The number of aromatic nitrogens is 4. The average molecular weight is 442 g/mol. The van der Waals surface area contributed by atoms with E-state index in [2.05, 4.69) is 48.6 Å². The Balaban J connectivity index is 1.46. The molecule has 0 spiro atoms. The van der Waals surface area contributed by atoms with E-state index in [0.29, 0.717) is 5.13 Å². The second-order valence-electron chi connectivity index (χ2n) is 6.22. The Hall–Kier alpha value is -2.49. The minimum Gasteiger partial charge on any atom is -0.305 e. The smallest absolute Gasteiger partial charge is 0.236 e. The molecule has 0 radical (unpaired) electrons. The fourth-order valence-electron chi connectivity index (χ4n) is 2.81. The summed E-state index contributed by atoms with van der Waals surface area (Å²) in [7, 11) is 0. The van der Waals surface area contributed by atoms with Crippen LogP contribution in [0.3, 0.4) is 0 Å². The first-order valence-corrected chi connectivity index (χ1v) is 11.8. The Kier molecular flexibility index (Phi) is 6.71. The standard InChI is InChI=1S/C20H19N5OS3/c26-18(22-19-21-9-12-28-19)14-29-20-24-23-17(13-16-7-4-11-27-16)25(20)10-8-15-5-2-1-3-6-15/h1-7,9,11-12H,8,10,13-14H2,(H,21,22,26). The summed E-state index contributed by atoms with van der Waals surface area (Å²) in [4.78, 5) is 17.5. The van der Waals surface area contributed by atoms with Crippen molar-refractivity contribution in [2.75, 3.05) is 11.1 Å². The first-order valence-electron chi connectivity index (χ1n) is 9.08. The number of nitrogens with one attached hydrogen (secondary N) is 1. The lowest BCUT2D eigenvalue weighted by atomic mass is 10.1. The van der Waals surface area contributed by atoms with Crippen molar-refractivity contribution < 1.29 is 4.79 Å². The summed E-state index contributed by atoms with van der Waals surface area (Å²) in [6, 6.07) is 14.5. The second-order valence-corrected chi connectivity index (χ2v) is 9.09. The van der Waals surface area contributed by atoms with Crippen molar-refractivity contribution in [2.24, 2.45) is 0 Å².